The third-order valence-electron chi connectivity index (χ3n) is 5.41. The number of rotatable bonds is 6. The number of carbonyl (C=O) groups excluding carboxylic acids is 1. The van der Waals surface area contributed by atoms with E-state index in [9.17, 15) is 4.79 Å². The van der Waals surface area contributed by atoms with Gasteiger partial charge in [0.2, 0.25) is 0 Å². The van der Waals surface area contributed by atoms with Crippen molar-refractivity contribution < 1.29 is 9.53 Å². The number of hydrogen-bond donors (Lipinski definition) is 1. The topological polar surface area (TPSA) is 51.2 Å². The molecule has 29 heavy (non-hydrogen) atoms. The van der Waals surface area contributed by atoms with Crippen molar-refractivity contribution in [1.29, 1.82) is 0 Å². The van der Waals surface area contributed by atoms with E-state index in [1.165, 1.54) is 0 Å². The smallest absolute Gasteiger partial charge is 0.183 e. The lowest BCUT2D eigenvalue weighted by Gasteiger charge is -2.30. The van der Waals surface area contributed by atoms with Gasteiger partial charge in [0.1, 0.15) is 11.5 Å². The van der Waals surface area contributed by atoms with E-state index >= 15 is 0 Å². The molecule has 150 valence electrons. The van der Waals surface area contributed by atoms with Crippen LogP contribution in [0.4, 0.5) is 5.13 Å². The van der Waals surface area contributed by atoms with Gasteiger partial charge in [-0.2, -0.15) is 0 Å². The average Bonchev–Trinajstić information content (AvgIpc) is 3.22. The molecule has 1 N–H and O–H groups in total. The Morgan fingerprint density at radius 2 is 1.97 bits per heavy atom. The SMILES string of the molecule is COc1ccc(-c2csc(NC(c3ccccc3Cl)C3CCCCC3=O)n2)cc1. The van der Waals surface area contributed by atoms with E-state index in [0.717, 1.165) is 47.0 Å². The number of halogens is 1. The molecule has 1 heterocycles. The number of nitrogens with zero attached hydrogens (tertiary/aromatic N) is 1. The molecule has 6 heteroatoms. The number of hydrogen-bond acceptors (Lipinski definition) is 5. The van der Waals surface area contributed by atoms with Crippen LogP contribution in [0.2, 0.25) is 5.02 Å². The summed E-state index contributed by atoms with van der Waals surface area (Å²) in [7, 11) is 1.65. The van der Waals surface area contributed by atoms with Gasteiger partial charge < -0.3 is 10.1 Å². The Kier molecular flexibility index (Phi) is 6.16. The van der Waals surface area contributed by atoms with E-state index in [1.807, 2.05) is 53.9 Å². The molecule has 1 aromatic heterocycles. The van der Waals surface area contributed by atoms with Gasteiger partial charge in [-0.3, -0.25) is 4.79 Å². The highest BCUT2D eigenvalue weighted by Gasteiger charge is 2.33. The largest absolute Gasteiger partial charge is 0.497 e. The van der Waals surface area contributed by atoms with Crippen LogP contribution in [0.5, 0.6) is 5.75 Å². The molecule has 2 unspecified atom stereocenters. The van der Waals surface area contributed by atoms with Gasteiger partial charge in [-0.15, -0.1) is 11.3 Å². The van der Waals surface area contributed by atoms with Crippen molar-refractivity contribution in [2.45, 2.75) is 31.7 Å². The molecule has 2 aromatic carbocycles. The second kappa shape index (κ2) is 8.97. The van der Waals surface area contributed by atoms with E-state index in [-0.39, 0.29) is 12.0 Å². The zero-order chi connectivity index (χ0) is 20.2. The Morgan fingerprint density at radius 3 is 2.69 bits per heavy atom. The van der Waals surface area contributed by atoms with Gasteiger partial charge in [0, 0.05) is 28.3 Å². The second-order valence-electron chi connectivity index (χ2n) is 7.23. The first-order valence-electron chi connectivity index (χ1n) is 9.79. The van der Waals surface area contributed by atoms with Crippen LogP contribution in [0.15, 0.2) is 53.9 Å². The lowest BCUT2D eigenvalue weighted by atomic mass is 9.80. The Morgan fingerprint density at radius 1 is 1.17 bits per heavy atom. The van der Waals surface area contributed by atoms with E-state index in [0.29, 0.717) is 17.2 Å². The molecule has 0 aliphatic heterocycles. The van der Waals surface area contributed by atoms with E-state index in [2.05, 4.69) is 5.32 Å². The van der Waals surface area contributed by atoms with Gasteiger partial charge in [-0.25, -0.2) is 4.98 Å². The fraction of sp³-hybridized carbons (Fsp3) is 0.304. The standard InChI is InChI=1S/C23H23ClN2O2S/c1-28-16-12-10-15(11-13-16)20-14-29-23(25-20)26-22(17-6-2-4-8-19(17)24)18-7-3-5-9-21(18)27/h2,4,6,8,10-14,18,22H,3,5,7,9H2,1H3,(H,25,26). The van der Waals surface area contributed by atoms with Crippen molar-refractivity contribution in [3.05, 3.63) is 64.5 Å². The molecular weight excluding hydrogens is 404 g/mol. The maximum absolute atomic E-state index is 12.7. The number of thiazole rings is 1. The van der Waals surface area contributed by atoms with E-state index < -0.39 is 0 Å². The minimum atomic E-state index is -0.175. The van der Waals surface area contributed by atoms with Crippen LogP contribution in [0.1, 0.15) is 37.3 Å². The molecule has 3 aromatic rings. The van der Waals surface area contributed by atoms with Crippen LogP contribution in [0, 0.1) is 5.92 Å². The number of nitrogens with one attached hydrogen (secondary N) is 1. The molecule has 0 spiro atoms. The molecule has 4 nitrogen and oxygen atoms in total. The quantitative estimate of drug-likeness (QED) is 0.496. The van der Waals surface area contributed by atoms with Crippen molar-refractivity contribution in [2.24, 2.45) is 5.92 Å². The maximum Gasteiger partial charge on any atom is 0.183 e. The number of ether oxygens (including phenoxy) is 1. The maximum atomic E-state index is 12.7. The molecule has 1 aliphatic carbocycles. The van der Waals surface area contributed by atoms with Crippen LogP contribution < -0.4 is 10.1 Å². The van der Waals surface area contributed by atoms with Crippen molar-refractivity contribution in [3.63, 3.8) is 0 Å². The van der Waals surface area contributed by atoms with Gasteiger partial charge in [0.15, 0.2) is 5.13 Å². The number of anilines is 1. The first-order valence-corrected chi connectivity index (χ1v) is 11.0. The summed E-state index contributed by atoms with van der Waals surface area (Å²) in [5.74, 6) is 1.04. The summed E-state index contributed by atoms with van der Waals surface area (Å²) in [6.45, 7) is 0. The van der Waals surface area contributed by atoms with Crippen LogP contribution in [-0.2, 0) is 4.79 Å². The molecule has 0 bridgehead atoms. The van der Waals surface area contributed by atoms with Crippen molar-refractivity contribution in [1.82, 2.24) is 4.98 Å². The summed E-state index contributed by atoms with van der Waals surface area (Å²) in [5, 5.41) is 7.02. The summed E-state index contributed by atoms with van der Waals surface area (Å²) in [6, 6.07) is 15.4. The third kappa shape index (κ3) is 4.46. The normalized spacial score (nSPS) is 17.7. The van der Waals surface area contributed by atoms with Crippen LogP contribution in [-0.4, -0.2) is 17.9 Å². The number of Topliss-reactive ketones (excluding diaryl/α,β-unsaturated/α-hetero) is 1. The number of aromatic nitrogens is 1. The first kappa shape index (κ1) is 19.9. The first-order chi connectivity index (χ1) is 14.2. The van der Waals surface area contributed by atoms with E-state index in [1.54, 1.807) is 18.4 Å². The lowest BCUT2D eigenvalue weighted by molar-refractivity contribution is -0.125. The molecule has 4 rings (SSSR count). The minimum Gasteiger partial charge on any atom is -0.497 e. The van der Waals surface area contributed by atoms with E-state index in [4.69, 9.17) is 21.3 Å². The van der Waals surface area contributed by atoms with Gasteiger partial charge >= 0.3 is 0 Å². The average molecular weight is 427 g/mol. The van der Waals surface area contributed by atoms with Gasteiger partial charge in [-0.05, 0) is 48.7 Å². The Bertz CT molecular complexity index is 987. The third-order valence-corrected chi connectivity index (χ3v) is 6.53. The minimum absolute atomic E-state index is 0.0861. The monoisotopic (exact) mass is 426 g/mol. The van der Waals surface area contributed by atoms with Crippen molar-refractivity contribution in [2.75, 3.05) is 12.4 Å². The van der Waals surface area contributed by atoms with Crippen molar-refractivity contribution in [3.8, 4) is 17.0 Å². The molecular formula is C23H23ClN2O2S. The molecule has 0 radical (unpaired) electrons. The van der Waals surface area contributed by atoms with Crippen LogP contribution >= 0.6 is 22.9 Å². The fourth-order valence-electron chi connectivity index (χ4n) is 3.85. The molecule has 0 saturated heterocycles. The van der Waals surface area contributed by atoms with Gasteiger partial charge in [0.05, 0.1) is 18.8 Å². The summed E-state index contributed by atoms with van der Waals surface area (Å²) < 4.78 is 5.23. The Balaban J connectivity index is 1.61. The summed E-state index contributed by atoms with van der Waals surface area (Å²) in [6.07, 6.45) is 3.55. The summed E-state index contributed by atoms with van der Waals surface area (Å²) in [5.41, 5.74) is 2.88. The number of methoxy groups -OCH3 is 1. The highest BCUT2D eigenvalue weighted by atomic mass is 35.5. The number of ketones is 1. The molecule has 2 atom stereocenters. The molecule has 1 saturated carbocycles. The highest BCUT2D eigenvalue weighted by molar-refractivity contribution is 7.14. The molecule has 1 fully saturated rings. The predicted molar refractivity (Wildman–Crippen MR) is 119 cm³/mol. The lowest BCUT2D eigenvalue weighted by Crippen LogP contribution is -2.30. The highest BCUT2D eigenvalue weighted by Crippen LogP contribution is 2.38. The number of carbonyl (C=O) groups is 1. The van der Waals surface area contributed by atoms with Crippen LogP contribution in [0.25, 0.3) is 11.3 Å². The van der Waals surface area contributed by atoms with Crippen LogP contribution in [0.3, 0.4) is 0 Å². The van der Waals surface area contributed by atoms with Gasteiger partial charge in [-0.1, -0.05) is 36.2 Å². The molecule has 0 amide bonds. The van der Waals surface area contributed by atoms with Gasteiger partial charge in [0.25, 0.3) is 0 Å². The summed E-state index contributed by atoms with van der Waals surface area (Å²) >= 11 is 8.04. The predicted octanol–water partition coefficient (Wildman–Crippen LogP) is 6.38. The second-order valence-corrected chi connectivity index (χ2v) is 8.49. The fourth-order valence-corrected chi connectivity index (χ4v) is 4.86. The summed E-state index contributed by atoms with van der Waals surface area (Å²) in [4.78, 5) is 17.4. The Hall–Kier alpha value is -2.37. The zero-order valence-corrected chi connectivity index (χ0v) is 17.8. The molecule has 1 aliphatic rings. The van der Waals surface area contributed by atoms with Crippen molar-refractivity contribution >= 4 is 33.9 Å². The zero-order valence-electron chi connectivity index (χ0n) is 16.2. The Labute approximate surface area is 179 Å². The number of benzene rings is 2.